The van der Waals surface area contributed by atoms with E-state index in [1.54, 1.807) is 42.5 Å². The van der Waals surface area contributed by atoms with E-state index in [0.717, 1.165) is 41.7 Å². The predicted octanol–water partition coefficient (Wildman–Crippen LogP) is 7.12. The molecule has 2 saturated heterocycles. The predicted molar refractivity (Wildman–Crippen MR) is 243 cm³/mol. The molecule has 7 unspecified atom stereocenters. The Morgan fingerprint density at radius 1 is 0.831 bits per heavy atom. The van der Waals surface area contributed by atoms with Crippen LogP contribution >= 0.6 is 0 Å². The summed E-state index contributed by atoms with van der Waals surface area (Å²) in [6.07, 6.45) is 3.83. The van der Waals surface area contributed by atoms with Gasteiger partial charge in [-0.05, 0) is 90.8 Å². The summed E-state index contributed by atoms with van der Waals surface area (Å²) in [4.78, 5) is 63.7. The number of aliphatic hydroxyl groups excluding tert-OH is 1. The molecule has 3 heterocycles. The summed E-state index contributed by atoms with van der Waals surface area (Å²) in [5, 5.41) is 24.2. The summed E-state index contributed by atoms with van der Waals surface area (Å²) in [6, 6.07) is 35.6. The quantitative estimate of drug-likeness (QED) is 0.0684. The van der Waals surface area contributed by atoms with Crippen molar-refractivity contribution in [3.63, 3.8) is 0 Å². The molecule has 9 rings (SSSR count). The van der Waals surface area contributed by atoms with Gasteiger partial charge in [0.1, 0.15) is 35.5 Å². The summed E-state index contributed by atoms with van der Waals surface area (Å²) in [5.41, 5.74) is 7.01. The summed E-state index contributed by atoms with van der Waals surface area (Å²) in [6.45, 7) is 1.65. The number of esters is 1. The Kier molecular flexibility index (Phi) is 12.0. The molecule has 5 aromatic rings. The smallest absolute Gasteiger partial charge is 0.329 e. The molecule has 0 aromatic heterocycles. The third-order valence-electron chi connectivity index (χ3n) is 13.5. The maximum atomic E-state index is 16.3. The first-order chi connectivity index (χ1) is 31.6. The van der Waals surface area contributed by atoms with E-state index in [2.05, 4.69) is 17.2 Å². The molecule has 1 aliphatic carbocycles. The summed E-state index contributed by atoms with van der Waals surface area (Å²) in [5.74, 6) is 2.78. The summed E-state index contributed by atoms with van der Waals surface area (Å²) in [7, 11) is 0. The highest BCUT2D eigenvalue weighted by molar-refractivity contribution is 6.24. The first-order valence-electron chi connectivity index (χ1n) is 22.4. The average molecular weight is 873 g/mol. The molecule has 65 heavy (non-hydrogen) atoms. The van der Waals surface area contributed by atoms with Crippen molar-refractivity contribution in [1.82, 2.24) is 10.2 Å². The number of hydrogen-bond donors (Lipinski definition) is 4. The van der Waals surface area contributed by atoms with Crippen LogP contribution in [0, 0.1) is 17.8 Å². The molecular weight excluding hydrogens is 821 g/mol. The molecule has 1 spiro atoms. The highest BCUT2D eigenvalue weighted by Gasteiger charge is 2.75. The number of nitrogens with zero attached hydrogens (tertiary/aromatic N) is 2. The monoisotopic (exact) mass is 872 g/mol. The third-order valence-corrected chi connectivity index (χ3v) is 13.5. The first-order valence-corrected chi connectivity index (χ1v) is 22.4. The largest absolute Gasteiger partial charge is 0.491 e. The van der Waals surface area contributed by atoms with Crippen molar-refractivity contribution in [3.8, 4) is 17.6 Å². The number of rotatable bonds is 9. The number of cyclic esters (lactones) is 1. The van der Waals surface area contributed by atoms with E-state index in [4.69, 9.17) is 15.2 Å². The van der Waals surface area contributed by atoms with Gasteiger partial charge in [0, 0.05) is 5.56 Å². The van der Waals surface area contributed by atoms with Crippen LogP contribution in [0.25, 0.3) is 0 Å². The number of hydrogen-bond acceptors (Lipinski definition) is 9. The fourth-order valence-corrected chi connectivity index (χ4v) is 10.6. The second-order valence-electron chi connectivity index (χ2n) is 17.5. The van der Waals surface area contributed by atoms with Gasteiger partial charge in [-0.15, -0.1) is 0 Å². The second-order valence-corrected chi connectivity index (χ2v) is 17.5. The first kappa shape index (κ1) is 43.5. The number of primary amides is 1. The van der Waals surface area contributed by atoms with Gasteiger partial charge >= 0.3 is 12.0 Å². The molecule has 5 aromatic carbocycles. The number of amides is 4. The maximum absolute atomic E-state index is 16.3. The molecular formula is C53H52N4O8. The third kappa shape index (κ3) is 7.84. The molecule has 4 amide bonds. The number of nitrogens with two attached hydrogens (primary N) is 1. The van der Waals surface area contributed by atoms with Crippen LogP contribution < -0.4 is 20.7 Å². The van der Waals surface area contributed by atoms with Crippen LogP contribution in [-0.4, -0.2) is 63.8 Å². The topological polar surface area (TPSA) is 172 Å². The minimum absolute atomic E-state index is 0.0433. The molecule has 4 aliphatic rings. The van der Waals surface area contributed by atoms with E-state index in [-0.39, 0.29) is 24.5 Å². The highest BCUT2D eigenvalue weighted by Crippen LogP contribution is 2.65. The lowest BCUT2D eigenvalue weighted by Gasteiger charge is -2.46. The molecule has 5 N–H and O–H groups in total. The van der Waals surface area contributed by atoms with Crippen LogP contribution in [0.4, 0.5) is 10.5 Å². The second kappa shape index (κ2) is 18.0. The van der Waals surface area contributed by atoms with Crippen molar-refractivity contribution in [2.24, 2.45) is 11.7 Å². The number of imide groups is 1. The van der Waals surface area contributed by atoms with E-state index in [9.17, 15) is 19.8 Å². The Morgan fingerprint density at radius 3 is 2.09 bits per heavy atom. The van der Waals surface area contributed by atoms with Gasteiger partial charge in [0.2, 0.25) is 11.8 Å². The lowest BCUT2D eigenvalue weighted by Crippen LogP contribution is -2.55. The number of nitrogens with one attached hydrogen (secondary N) is 1. The number of urea groups is 1. The van der Waals surface area contributed by atoms with E-state index < -0.39 is 71.0 Å². The van der Waals surface area contributed by atoms with Crippen LogP contribution in [0.5, 0.6) is 5.75 Å². The van der Waals surface area contributed by atoms with Crippen molar-refractivity contribution in [1.29, 1.82) is 0 Å². The number of benzene rings is 5. The SMILES string of the molecule is CC(NC(=O)N1C(=O)C2(c3cc(C#CC4(O)CCCCCC4)ccc31)C(C(N)=O)C1C(=O)OC(c3ccccc3)C(c3ccccc3)N1C2c1ccc(OCCO)cc1)c1ccccc1. The van der Waals surface area contributed by atoms with Gasteiger partial charge in [-0.1, -0.05) is 128 Å². The number of carbonyl (C=O) groups is 4. The van der Waals surface area contributed by atoms with Gasteiger partial charge in [0.05, 0.1) is 36.3 Å². The van der Waals surface area contributed by atoms with Gasteiger partial charge in [0.15, 0.2) is 0 Å². The highest BCUT2D eigenvalue weighted by atomic mass is 16.6. The molecule has 3 fully saturated rings. The van der Waals surface area contributed by atoms with Crippen molar-refractivity contribution in [2.75, 3.05) is 18.1 Å². The van der Waals surface area contributed by atoms with E-state index >= 15 is 9.59 Å². The normalized spacial score (nSPS) is 25.0. The Bertz CT molecular complexity index is 2620. The zero-order valence-electron chi connectivity index (χ0n) is 36.1. The Labute approximate surface area is 378 Å². The minimum Gasteiger partial charge on any atom is -0.491 e. The molecule has 3 aliphatic heterocycles. The maximum Gasteiger partial charge on any atom is 0.329 e. The van der Waals surface area contributed by atoms with Crippen molar-refractivity contribution in [3.05, 3.63) is 167 Å². The molecule has 12 heteroatoms. The number of aliphatic hydroxyl groups is 2. The molecule has 12 nitrogen and oxygen atoms in total. The van der Waals surface area contributed by atoms with Gasteiger partial charge in [-0.3, -0.25) is 19.3 Å². The van der Waals surface area contributed by atoms with Crippen molar-refractivity contribution >= 4 is 29.5 Å². The minimum atomic E-state index is -2.03. The lowest BCUT2D eigenvalue weighted by atomic mass is 9.65. The van der Waals surface area contributed by atoms with Gasteiger partial charge < -0.3 is 30.7 Å². The Hall–Kier alpha value is -6.78. The number of ether oxygens (including phenoxy) is 2. The lowest BCUT2D eigenvalue weighted by molar-refractivity contribution is -0.178. The molecule has 0 bridgehead atoms. The standard InChI is InChI=1S/C53H52N4O8/c1-34(36-15-7-4-8-16-36)55-51(62)56-42-26-21-35(27-30-52(63)28-13-2-3-14-29-52)33-41(42)53(50(56)61)43(48(54)59)45-49(60)65-46(38-19-11-6-12-20-38)44(37-17-9-5-10-18-37)57(45)47(53)39-22-24-40(25-23-39)64-32-31-58/h4-12,15-26,33-34,43-47,58,63H,2-3,13-14,28-29,31-32H2,1H3,(H2,54,59)(H,55,62). The molecule has 1 saturated carbocycles. The zero-order valence-corrected chi connectivity index (χ0v) is 36.1. The zero-order chi connectivity index (χ0) is 45.3. The van der Waals surface area contributed by atoms with Crippen LogP contribution in [0.15, 0.2) is 133 Å². The van der Waals surface area contributed by atoms with Crippen LogP contribution in [-0.2, 0) is 24.5 Å². The fraction of sp³-hybridized carbons (Fsp3) is 0.321. The number of anilines is 1. The van der Waals surface area contributed by atoms with Crippen LogP contribution in [0.1, 0.15) is 103 Å². The Balaban J connectivity index is 1.30. The molecule has 332 valence electrons. The van der Waals surface area contributed by atoms with Crippen molar-refractivity contribution in [2.45, 2.75) is 86.7 Å². The summed E-state index contributed by atoms with van der Waals surface area (Å²) < 4.78 is 12.2. The van der Waals surface area contributed by atoms with Gasteiger partial charge in [-0.2, -0.15) is 0 Å². The number of morpholine rings is 1. The van der Waals surface area contributed by atoms with Crippen LogP contribution in [0.2, 0.25) is 0 Å². The number of carbonyl (C=O) groups excluding carboxylic acids is 4. The van der Waals surface area contributed by atoms with Gasteiger partial charge in [0.25, 0.3) is 0 Å². The van der Waals surface area contributed by atoms with Crippen LogP contribution in [0.3, 0.4) is 0 Å². The van der Waals surface area contributed by atoms with Crippen molar-refractivity contribution < 1.29 is 38.9 Å². The van der Waals surface area contributed by atoms with Gasteiger partial charge in [-0.25, -0.2) is 9.69 Å². The fourth-order valence-electron chi connectivity index (χ4n) is 10.6. The van der Waals surface area contributed by atoms with E-state index in [0.29, 0.717) is 35.3 Å². The van der Waals surface area contributed by atoms with E-state index in [1.807, 2.05) is 103 Å². The number of fused-ring (bicyclic) bond motifs is 3. The summed E-state index contributed by atoms with van der Waals surface area (Å²) >= 11 is 0. The molecule has 0 radical (unpaired) electrons. The molecule has 7 atom stereocenters. The van der Waals surface area contributed by atoms with E-state index in [1.165, 1.54) is 0 Å². The Morgan fingerprint density at radius 2 is 1.46 bits per heavy atom. The average Bonchev–Trinajstić information content (AvgIpc) is 3.67.